The van der Waals surface area contributed by atoms with Gasteiger partial charge in [0.05, 0.1) is 84.6 Å². The molecule has 0 aliphatic carbocycles. The maximum Gasteiger partial charge on any atom is 0.312 e. The average molecular weight is 1190 g/mol. The van der Waals surface area contributed by atoms with Crippen LogP contribution in [0.15, 0.2) is 200 Å². The Morgan fingerprint density at radius 3 is 1.25 bits per heavy atom. The van der Waals surface area contributed by atoms with Gasteiger partial charge in [0.25, 0.3) is 5.95 Å². The lowest BCUT2D eigenvalue weighted by Crippen LogP contribution is -2.33. The van der Waals surface area contributed by atoms with Crippen LogP contribution in [0.4, 0.5) is 0 Å². The van der Waals surface area contributed by atoms with Crippen LogP contribution in [-0.4, -0.2) is 80.9 Å². The second-order valence-electron chi connectivity index (χ2n) is 24.6. The number of ether oxygens (including phenoxy) is 2. The summed E-state index contributed by atoms with van der Waals surface area (Å²) in [5, 5.41) is 50.6. The number of rotatable bonds is 15. The van der Waals surface area contributed by atoms with Gasteiger partial charge in [-0.25, -0.2) is 0 Å². The number of hydrogen-bond acceptors (Lipinski definition) is 11. The van der Waals surface area contributed by atoms with Crippen molar-refractivity contribution in [3.8, 4) is 6.07 Å². The van der Waals surface area contributed by atoms with Crippen molar-refractivity contribution in [2.75, 3.05) is 20.8 Å². The molecule has 3 atom stereocenters. The topological polar surface area (TPSA) is 230 Å². The fraction of sp³-hybridized carbons (Fsp3) is 0.296. The average Bonchev–Trinajstić information content (AvgIpc) is 2.67. The summed E-state index contributed by atoms with van der Waals surface area (Å²) in [5.74, 6) is 0.657. The molecule has 4 heterocycles. The lowest BCUT2D eigenvalue weighted by Gasteiger charge is -2.34. The number of aliphatic hydroxyl groups excluding tert-OH is 1. The van der Waals surface area contributed by atoms with E-state index in [1.54, 1.807) is 19.5 Å². The number of H-pyrrole nitrogens is 4. The first-order valence-corrected chi connectivity index (χ1v) is 32.5. The van der Waals surface area contributed by atoms with Crippen molar-refractivity contribution >= 4 is 57.9 Å². The highest BCUT2D eigenvalue weighted by molar-refractivity contribution is 6.70. The summed E-state index contributed by atoms with van der Waals surface area (Å²) in [4.78, 5) is 12.4. The van der Waals surface area contributed by atoms with Crippen molar-refractivity contribution in [1.29, 1.82) is 5.26 Å². The quantitative estimate of drug-likeness (QED) is 0.0321. The van der Waals surface area contributed by atoms with Gasteiger partial charge in [0.2, 0.25) is 8.32 Å². The SMILES string of the molecule is CC(C)(C#N)[C@@H](c1ccccc1)c1ccc2[nH]ncc2c1.CC(C)(CN)[C@@H](c1ccccc1)c1ccc2[nH]ncc2c1.COC(=O)C(C)(C)[C@@H](c1ccccc1)c1ccc2[nH]ncc2c1.COC(O[Si](C)(C)C)=C(C)C.OCc1ccc2[nH]ncc2c1. The standard InChI is InChI=1S/C19H20N2O2.C18H21N3.C18H17N3.C8H8N2O.C8H18O2Si/c1-19(2,18(22)23-3)17(13-7-5-4-6-8-13)14-9-10-16-15(11-14)12-20-21-16;2*1-18(2,12-19)17(13-6-4-3-5-7-13)14-8-9-16-15(10-14)11-20-21-16;11-5-6-1-2-8-7(3-6)4-9-10-8;1-7(2)8(9-3)10-11(4,5)6/h4-12,17H,1-3H3,(H,20,21);3-11,17H,12,19H2,1-2H3,(H,20,21);3-11,17H,1-2H3,(H,20,21);1-4,11H,5H2,(H,9,10);1-6H3/t3*17-;;/m000../s1. The van der Waals surface area contributed by atoms with Gasteiger partial charge in [0.15, 0.2) is 0 Å². The fourth-order valence-corrected chi connectivity index (χ4v) is 11.6. The third-order valence-corrected chi connectivity index (χ3v) is 16.0. The molecule has 15 nitrogen and oxygen atoms in total. The van der Waals surface area contributed by atoms with Crippen LogP contribution in [0.2, 0.25) is 19.6 Å². The second-order valence-corrected chi connectivity index (χ2v) is 29.0. The lowest BCUT2D eigenvalue weighted by atomic mass is 9.71. The Hall–Kier alpha value is -9.14. The van der Waals surface area contributed by atoms with Crippen molar-refractivity contribution in [2.45, 2.75) is 99.4 Å². The summed E-state index contributed by atoms with van der Waals surface area (Å²) in [6.45, 7) is 23.4. The molecule has 4 aromatic heterocycles. The van der Waals surface area contributed by atoms with E-state index in [1.807, 2.05) is 127 Å². The number of benzene rings is 7. The molecule has 87 heavy (non-hydrogen) atoms. The molecule has 0 aliphatic heterocycles. The normalized spacial score (nSPS) is 12.5. The van der Waals surface area contributed by atoms with Gasteiger partial charge in [0.1, 0.15) is 0 Å². The summed E-state index contributed by atoms with van der Waals surface area (Å²) < 4.78 is 15.8. The van der Waals surface area contributed by atoms with Crippen LogP contribution in [0.5, 0.6) is 0 Å². The van der Waals surface area contributed by atoms with E-state index < -0.39 is 19.1 Å². The highest BCUT2D eigenvalue weighted by Gasteiger charge is 2.40. The zero-order chi connectivity index (χ0) is 62.9. The van der Waals surface area contributed by atoms with Gasteiger partial charge in [-0.15, -0.1) is 0 Å². The fourth-order valence-electron chi connectivity index (χ4n) is 10.8. The van der Waals surface area contributed by atoms with Crippen molar-refractivity contribution in [1.82, 2.24) is 40.8 Å². The molecule has 0 amide bonds. The van der Waals surface area contributed by atoms with Gasteiger partial charge in [-0.2, -0.15) is 25.7 Å². The van der Waals surface area contributed by atoms with Crippen LogP contribution < -0.4 is 5.73 Å². The molecule has 0 radical (unpaired) electrons. The van der Waals surface area contributed by atoms with Gasteiger partial charge in [-0.05, 0) is 161 Å². The molecule has 7 N–H and O–H groups in total. The van der Waals surface area contributed by atoms with Crippen molar-refractivity contribution < 1.29 is 23.8 Å². The van der Waals surface area contributed by atoms with E-state index in [1.165, 1.54) is 18.2 Å². The molecule has 452 valence electrons. The number of aromatic nitrogens is 8. The van der Waals surface area contributed by atoms with Gasteiger partial charge >= 0.3 is 5.97 Å². The Morgan fingerprint density at radius 1 is 0.540 bits per heavy atom. The molecule has 16 heteroatoms. The zero-order valence-electron chi connectivity index (χ0n) is 52.4. The van der Waals surface area contributed by atoms with E-state index >= 15 is 0 Å². The number of carbonyl (C=O) groups excluding carboxylic acids is 1. The van der Waals surface area contributed by atoms with Crippen LogP contribution in [0.1, 0.15) is 112 Å². The van der Waals surface area contributed by atoms with E-state index in [2.05, 4.69) is 171 Å². The first kappa shape index (κ1) is 65.4. The van der Waals surface area contributed by atoms with Crippen LogP contribution in [-0.2, 0) is 25.3 Å². The predicted octanol–water partition coefficient (Wildman–Crippen LogP) is 15.6. The highest BCUT2D eigenvalue weighted by atomic mass is 28.4. The number of allylic oxidation sites excluding steroid dienone is 1. The number of esters is 1. The largest absolute Gasteiger partial charge is 0.520 e. The van der Waals surface area contributed by atoms with Crippen LogP contribution in [0, 0.1) is 27.6 Å². The van der Waals surface area contributed by atoms with E-state index in [4.69, 9.17) is 24.7 Å². The minimum absolute atomic E-state index is 0.0151. The van der Waals surface area contributed by atoms with E-state index in [0.29, 0.717) is 12.5 Å². The van der Waals surface area contributed by atoms with E-state index in [0.717, 1.165) is 77.0 Å². The number of nitriles is 1. The molecule has 0 bridgehead atoms. The van der Waals surface area contributed by atoms with Crippen LogP contribution in [0.3, 0.4) is 0 Å². The van der Waals surface area contributed by atoms with Crippen molar-refractivity contribution in [3.05, 3.63) is 239 Å². The molecule has 0 fully saturated rings. The smallest absolute Gasteiger partial charge is 0.312 e. The molecule has 0 unspecified atom stereocenters. The number of nitrogens with one attached hydrogen (secondary N) is 4. The Morgan fingerprint density at radius 2 is 0.908 bits per heavy atom. The Labute approximate surface area is 512 Å². The van der Waals surface area contributed by atoms with Gasteiger partial charge < -0.3 is 24.7 Å². The van der Waals surface area contributed by atoms with Gasteiger partial charge in [-0.3, -0.25) is 25.2 Å². The molecular weight excluding hydrogens is 1100 g/mol. The minimum Gasteiger partial charge on any atom is -0.520 e. The van der Waals surface area contributed by atoms with Gasteiger partial charge in [0, 0.05) is 44.9 Å². The molecule has 11 rings (SSSR count). The molecule has 0 saturated heterocycles. The number of aliphatic hydroxyl groups is 1. The number of carbonyl (C=O) groups is 1. The summed E-state index contributed by atoms with van der Waals surface area (Å²) in [6, 6.07) is 57.9. The summed E-state index contributed by atoms with van der Waals surface area (Å²) in [5.41, 5.74) is 18.0. The Kier molecular flexibility index (Phi) is 22.0. The number of aromatic amines is 4. The number of methoxy groups -OCH3 is 2. The summed E-state index contributed by atoms with van der Waals surface area (Å²) in [6.07, 6.45) is 7.23. The van der Waals surface area contributed by atoms with E-state index in [9.17, 15) is 10.1 Å². The molecule has 11 aromatic rings. The number of nitrogens with two attached hydrogens (primary N) is 1. The number of nitrogens with zero attached hydrogens (tertiary/aromatic N) is 5. The number of hydrogen-bond donors (Lipinski definition) is 6. The monoisotopic (exact) mass is 1180 g/mol. The molecular formula is C71H84N10O5Si. The molecule has 7 aromatic carbocycles. The molecule has 0 spiro atoms. The predicted molar refractivity (Wildman–Crippen MR) is 353 cm³/mol. The second kappa shape index (κ2) is 29.3. The third-order valence-electron chi connectivity index (χ3n) is 15.2. The summed E-state index contributed by atoms with van der Waals surface area (Å²) >= 11 is 0. The zero-order valence-corrected chi connectivity index (χ0v) is 53.4. The molecule has 0 saturated carbocycles. The first-order valence-electron chi connectivity index (χ1n) is 29.1. The minimum atomic E-state index is -1.49. The highest BCUT2D eigenvalue weighted by Crippen LogP contribution is 2.44. The number of fused-ring (bicyclic) bond motifs is 4. The van der Waals surface area contributed by atoms with Crippen LogP contribution in [0.25, 0.3) is 43.6 Å². The van der Waals surface area contributed by atoms with Crippen molar-refractivity contribution in [3.63, 3.8) is 0 Å². The Balaban J connectivity index is 0.000000160. The maximum atomic E-state index is 12.4. The third kappa shape index (κ3) is 16.9. The van der Waals surface area contributed by atoms with Gasteiger partial charge in [-0.1, -0.05) is 129 Å². The van der Waals surface area contributed by atoms with Crippen molar-refractivity contribution in [2.24, 2.45) is 22.0 Å². The first-order chi connectivity index (χ1) is 41.5. The van der Waals surface area contributed by atoms with E-state index in [-0.39, 0.29) is 35.7 Å². The summed E-state index contributed by atoms with van der Waals surface area (Å²) in [7, 11) is 1.59. The Bertz CT molecular complexity index is 4020. The maximum absolute atomic E-state index is 12.4. The lowest BCUT2D eigenvalue weighted by molar-refractivity contribution is -0.151. The molecule has 0 aliphatic rings. The van der Waals surface area contributed by atoms with Crippen LogP contribution >= 0.6 is 0 Å².